The fourth-order valence-electron chi connectivity index (χ4n) is 1.51. The SMILES string of the molecule is O=C(/C=C/c1ccc(F)cc1)Nc1ccc(F)cc1Br. The molecule has 2 aromatic rings. The van der Waals surface area contributed by atoms with Gasteiger partial charge in [0.2, 0.25) is 5.91 Å². The molecule has 0 saturated heterocycles. The molecule has 0 saturated carbocycles. The van der Waals surface area contributed by atoms with Gasteiger partial charge >= 0.3 is 0 Å². The molecule has 0 atom stereocenters. The monoisotopic (exact) mass is 337 g/mol. The number of carbonyl (C=O) groups excluding carboxylic acids is 1. The van der Waals surface area contributed by atoms with Gasteiger partial charge in [-0.15, -0.1) is 0 Å². The maximum absolute atomic E-state index is 12.9. The predicted molar refractivity (Wildman–Crippen MR) is 78.2 cm³/mol. The van der Waals surface area contributed by atoms with Crippen LogP contribution in [0.3, 0.4) is 0 Å². The molecule has 5 heteroatoms. The summed E-state index contributed by atoms with van der Waals surface area (Å²) in [5, 5.41) is 2.61. The molecule has 0 unspecified atom stereocenters. The van der Waals surface area contributed by atoms with E-state index in [2.05, 4.69) is 21.2 Å². The fourth-order valence-corrected chi connectivity index (χ4v) is 1.96. The van der Waals surface area contributed by atoms with Crippen molar-refractivity contribution in [2.45, 2.75) is 0 Å². The number of rotatable bonds is 3. The summed E-state index contributed by atoms with van der Waals surface area (Å²) < 4.78 is 26.1. The highest BCUT2D eigenvalue weighted by Gasteiger charge is 2.03. The Kier molecular flexibility index (Phi) is 4.63. The molecule has 2 rings (SSSR count). The third kappa shape index (κ3) is 3.99. The van der Waals surface area contributed by atoms with Crippen LogP contribution in [0.2, 0.25) is 0 Å². The van der Waals surface area contributed by atoms with Crippen molar-refractivity contribution in [2.75, 3.05) is 5.32 Å². The Bertz CT molecular complexity index is 653. The lowest BCUT2D eigenvalue weighted by Crippen LogP contribution is -2.08. The van der Waals surface area contributed by atoms with Crippen LogP contribution >= 0.6 is 15.9 Å². The number of benzene rings is 2. The van der Waals surface area contributed by atoms with E-state index in [9.17, 15) is 13.6 Å². The zero-order valence-corrected chi connectivity index (χ0v) is 11.8. The van der Waals surface area contributed by atoms with E-state index in [1.54, 1.807) is 18.2 Å². The van der Waals surface area contributed by atoms with Crippen LogP contribution in [0, 0.1) is 11.6 Å². The van der Waals surface area contributed by atoms with Gasteiger partial charge in [0, 0.05) is 10.5 Å². The molecule has 0 heterocycles. The van der Waals surface area contributed by atoms with Gasteiger partial charge in [-0.25, -0.2) is 8.78 Å². The minimum atomic E-state index is -0.392. The molecule has 0 spiro atoms. The minimum Gasteiger partial charge on any atom is -0.321 e. The Balaban J connectivity index is 2.03. The average Bonchev–Trinajstić information content (AvgIpc) is 2.41. The number of hydrogen-bond donors (Lipinski definition) is 1. The van der Waals surface area contributed by atoms with E-state index in [1.165, 1.54) is 36.4 Å². The van der Waals surface area contributed by atoms with Crippen LogP contribution in [0.25, 0.3) is 6.08 Å². The van der Waals surface area contributed by atoms with Crippen molar-refractivity contribution in [1.82, 2.24) is 0 Å². The molecule has 20 heavy (non-hydrogen) atoms. The van der Waals surface area contributed by atoms with Gasteiger partial charge in [-0.2, -0.15) is 0 Å². The molecule has 2 aromatic carbocycles. The van der Waals surface area contributed by atoms with Gasteiger partial charge in [0.15, 0.2) is 0 Å². The van der Waals surface area contributed by atoms with Crippen LogP contribution in [-0.4, -0.2) is 5.91 Å². The topological polar surface area (TPSA) is 29.1 Å². The molecule has 1 amide bonds. The molecule has 0 aliphatic carbocycles. The third-order valence-corrected chi connectivity index (χ3v) is 3.14. The Morgan fingerprint density at radius 2 is 1.70 bits per heavy atom. The zero-order valence-electron chi connectivity index (χ0n) is 10.2. The first-order valence-electron chi connectivity index (χ1n) is 5.74. The number of halogens is 3. The number of anilines is 1. The van der Waals surface area contributed by atoms with E-state index in [1.807, 2.05) is 0 Å². The molecular weight excluding hydrogens is 328 g/mol. The predicted octanol–water partition coefficient (Wildman–Crippen LogP) is 4.38. The summed E-state index contributed by atoms with van der Waals surface area (Å²) in [4.78, 5) is 11.7. The third-order valence-electron chi connectivity index (χ3n) is 2.49. The highest BCUT2D eigenvalue weighted by atomic mass is 79.9. The van der Waals surface area contributed by atoms with Gasteiger partial charge < -0.3 is 5.32 Å². The smallest absolute Gasteiger partial charge is 0.248 e. The van der Waals surface area contributed by atoms with Crippen molar-refractivity contribution in [3.05, 3.63) is 70.2 Å². The Hall–Kier alpha value is -2.01. The maximum Gasteiger partial charge on any atom is 0.248 e. The van der Waals surface area contributed by atoms with Gasteiger partial charge in [0.05, 0.1) is 5.69 Å². The van der Waals surface area contributed by atoms with Gasteiger partial charge in [-0.1, -0.05) is 12.1 Å². The fraction of sp³-hybridized carbons (Fsp3) is 0. The number of hydrogen-bond acceptors (Lipinski definition) is 1. The van der Waals surface area contributed by atoms with Crippen LogP contribution < -0.4 is 5.32 Å². The molecular formula is C15H10BrF2NO. The lowest BCUT2D eigenvalue weighted by molar-refractivity contribution is -0.111. The van der Waals surface area contributed by atoms with E-state index < -0.39 is 5.82 Å². The van der Waals surface area contributed by atoms with E-state index >= 15 is 0 Å². The second-order valence-corrected chi connectivity index (χ2v) is 4.85. The van der Waals surface area contributed by atoms with E-state index in [0.717, 1.165) is 0 Å². The maximum atomic E-state index is 12.9. The van der Waals surface area contributed by atoms with Crippen molar-refractivity contribution in [3.63, 3.8) is 0 Å². The van der Waals surface area contributed by atoms with Crippen molar-refractivity contribution < 1.29 is 13.6 Å². The van der Waals surface area contributed by atoms with Crippen molar-refractivity contribution in [2.24, 2.45) is 0 Å². The largest absolute Gasteiger partial charge is 0.321 e. The van der Waals surface area contributed by atoms with Gasteiger partial charge in [0.1, 0.15) is 11.6 Å². The molecule has 0 aliphatic heterocycles. The summed E-state index contributed by atoms with van der Waals surface area (Å²) >= 11 is 3.16. The van der Waals surface area contributed by atoms with Crippen molar-refractivity contribution in [3.8, 4) is 0 Å². The summed E-state index contributed by atoms with van der Waals surface area (Å²) in [6.45, 7) is 0. The van der Waals surface area contributed by atoms with E-state index in [4.69, 9.17) is 0 Å². The van der Waals surface area contributed by atoms with Crippen LogP contribution in [0.1, 0.15) is 5.56 Å². The summed E-state index contributed by atoms with van der Waals surface area (Å²) in [5.74, 6) is -1.08. The molecule has 0 aliphatic rings. The first-order chi connectivity index (χ1) is 9.54. The van der Waals surface area contributed by atoms with Crippen LogP contribution in [0.15, 0.2) is 53.0 Å². The van der Waals surface area contributed by atoms with Crippen LogP contribution in [-0.2, 0) is 4.79 Å². The van der Waals surface area contributed by atoms with Crippen molar-refractivity contribution in [1.29, 1.82) is 0 Å². The average molecular weight is 338 g/mol. The van der Waals surface area contributed by atoms with Crippen molar-refractivity contribution >= 4 is 33.6 Å². The second kappa shape index (κ2) is 6.43. The number of carbonyl (C=O) groups is 1. The molecule has 0 bridgehead atoms. The highest BCUT2D eigenvalue weighted by molar-refractivity contribution is 9.10. The van der Waals surface area contributed by atoms with Crippen LogP contribution in [0.5, 0.6) is 0 Å². The van der Waals surface area contributed by atoms with Gasteiger partial charge in [-0.05, 0) is 57.9 Å². The lowest BCUT2D eigenvalue weighted by Gasteiger charge is -2.04. The summed E-state index contributed by atoms with van der Waals surface area (Å²) in [7, 11) is 0. The molecule has 102 valence electrons. The lowest BCUT2D eigenvalue weighted by atomic mass is 10.2. The Morgan fingerprint density at radius 3 is 2.35 bits per heavy atom. The second-order valence-electron chi connectivity index (χ2n) is 4.00. The van der Waals surface area contributed by atoms with E-state index in [-0.39, 0.29) is 11.7 Å². The van der Waals surface area contributed by atoms with E-state index in [0.29, 0.717) is 15.7 Å². The number of amides is 1. The molecule has 0 radical (unpaired) electrons. The molecule has 2 nitrogen and oxygen atoms in total. The zero-order chi connectivity index (χ0) is 14.5. The Morgan fingerprint density at radius 1 is 1.05 bits per heavy atom. The summed E-state index contributed by atoms with van der Waals surface area (Å²) in [6, 6.07) is 9.73. The quantitative estimate of drug-likeness (QED) is 0.827. The molecule has 0 aromatic heterocycles. The van der Waals surface area contributed by atoms with Gasteiger partial charge in [-0.3, -0.25) is 4.79 Å². The standard InChI is InChI=1S/C15H10BrF2NO/c16-13-9-12(18)6-7-14(13)19-15(20)8-3-10-1-4-11(17)5-2-10/h1-9H,(H,19,20)/b8-3+. The van der Waals surface area contributed by atoms with Gasteiger partial charge in [0.25, 0.3) is 0 Å². The Labute approximate surface area is 123 Å². The first-order valence-corrected chi connectivity index (χ1v) is 6.53. The normalized spacial score (nSPS) is 10.8. The molecule has 0 fully saturated rings. The summed E-state index contributed by atoms with van der Waals surface area (Å²) in [6.07, 6.45) is 2.88. The molecule has 1 N–H and O–H groups in total. The summed E-state index contributed by atoms with van der Waals surface area (Å²) in [5.41, 5.74) is 1.18. The number of nitrogens with one attached hydrogen (secondary N) is 1. The minimum absolute atomic E-state index is 0.332. The highest BCUT2D eigenvalue weighted by Crippen LogP contribution is 2.23. The first kappa shape index (κ1) is 14.4. The van der Waals surface area contributed by atoms with Crippen LogP contribution in [0.4, 0.5) is 14.5 Å².